The van der Waals surface area contributed by atoms with Gasteiger partial charge in [0, 0.05) is 5.02 Å². The molecule has 0 saturated heterocycles. The summed E-state index contributed by atoms with van der Waals surface area (Å²) in [6.07, 6.45) is 5.42. The number of halogens is 1. The second kappa shape index (κ2) is 5.77. The van der Waals surface area contributed by atoms with Crippen LogP contribution in [0.1, 0.15) is 32.8 Å². The van der Waals surface area contributed by atoms with Gasteiger partial charge in [-0.3, -0.25) is 0 Å². The van der Waals surface area contributed by atoms with Crippen LogP contribution in [0.4, 0.5) is 0 Å². The standard InChI is InChI=1S/C12H11Cl.C2H6/c1-9-2-3-11(8-9)10-4-6-12(13)7-5-10;1-2/h2-7H,8H2,1H3;1-2H3. The molecule has 0 aromatic heterocycles. The predicted octanol–water partition coefficient (Wildman–Crippen LogP) is 5.10. The van der Waals surface area contributed by atoms with E-state index in [1.54, 1.807) is 0 Å². The second-order valence-electron chi connectivity index (χ2n) is 3.39. The highest BCUT2D eigenvalue weighted by molar-refractivity contribution is 6.30. The summed E-state index contributed by atoms with van der Waals surface area (Å²) >= 11 is 5.81. The van der Waals surface area contributed by atoms with E-state index in [9.17, 15) is 0 Å². The Labute approximate surface area is 97.3 Å². The van der Waals surface area contributed by atoms with Crippen LogP contribution < -0.4 is 0 Å². The molecule has 1 aliphatic carbocycles. The van der Waals surface area contributed by atoms with Crippen LogP contribution in [0.25, 0.3) is 5.57 Å². The van der Waals surface area contributed by atoms with E-state index >= 15 is 0 Å². The van der Waals surface area contributed by atoms with Gasteiger partial charge in [-0.15, -0.1) is 0 Å². The van der Waals surface area contributed by atoms with Gasteiger partial charge >= 0.3 is 0 Å². The van der Waals surface area contributed by atoms with Crippen LogP contribution in [0, 0.1) is 0 Å². The lowest BCUT2D eigenvalue weighted by Crippen LogP contribution is -1.80. The fourth-order valence-corrected chi connectivity index (χ4v) is 1.65. The summed E-state index contributed by atoms with van der Waals surface area (Å²) in [5, 5.41) is 0.798. The fraction of sp³-hybridized carbons (Fsp3) is 0.286. The molecule has 0 fully saturated rings. The minimum atomic E-state index is 0.798. The van der Waals surface area contributed by atoms with Crippen LogP contribution in [-0.4, -0.2) is 0 Å². The minimum absolute atomic E-state index is 0.798. The molecule has 1 heteroatoms. The molecule has 0 bridgehead atoms. The first kappa shape index (κ1) is 12.1. The highest BCUT2D eigenvalue weighted by Gasteiger charge is 2.06. The zero-order valence-electron chi connectivity index (χ0n) is 9.55. The molecule has 1 aliphatic rings. The normalized spacial score (nSPS) is 13.9. The lowest BCUT2D eigenvalue weighted by molar-refractivity contribution is 1.26. The SMILES string of the molecule is CC.CC1=CC=C(c2ccc(Cl)cc2)C1. The molecule has 0 heterocycles. The largest absolute Gasteiger partial charge is 0.0843 e. The molecule has 15 heavy (non-hydrogen) atoms. The summed E-state index contributed by atoms with van der Waals surface area (Å²) < 4.78 is 0. The van der Waals surface area contributed by atoms with Gasteiger partial charge < -0.3 is 0 Å². The van der Waals surface area contributed by atoms with E-state index in [2.05, 4.69) is 31.2 Å². The van der Waals surface area contributed by atoms with Gasteiger partial charge in [-0.2, -0.15) is 0 Å². The Hall–Kier alpha value is -1.01. The Morgan fingerprint density at radius 1 is 1.00 bits per heavy atom. The quantitative estimate of drug-likeness (QED) is 0.618. The first-order valence-electron chi connectivity index (χ1n) is 5.38. The zero-order valence-corrected chi connectivity index (χ0v) is 10.3. The van der Waals surface area contributed by atoms with Crippen molar-refractivity contribution >= 4 is 17.2 Å². The van der Waals surface area contributed by atoms with E-state index in [4.69, 9.17) is 11.6 Å². The molecule has 2 rings (SSSR count). The third-order valence-corrected chi connectivity index (χ3v) is 2.51. The summed E-state index contributed by atoms with van der Waals surface area (Å²) in [6.45, 7) is 6.15. The summed E-state index contributed by atoms with van der Waals surface area (Å²) in [7, 11) is 0. The van der Waals surface area contributed by atoms with Gasteiger partial charge in [0.1, 0.15) is 0 Å². The minimum Gasteiger partial charge on any atom is -0.0843 e. The van der Waals surface area contributed by atoms with E-state index in [0.717, 1.165) is 11.4 Å². The van der Waals surface area contributed by atoms with Crippen LogP contribution in [0.15, 0.2) is 42.0 Å². The average Bonchev–Trinajstić information content (AvgIpc) is 2.69. The number of hydrogen-bond donors (Lipinski definition) is 0. The van der Waals surface area contributed by atoms with Crippen molar-refractivity contribution in [3.8, 4) is 0 Å². The van der Waals surface area contributed by atoms with Gasteiger partial charge in [0.05, 0.1) is 0 Å². The average molecular weight is 221 g/mol. The molecule has 0 aliphatic heterocycles. The molecule has 0 saturated carbocycles. The Kier molecular flexibility index (Phi) is 4.64. The number of benzene rings is 1. The maximum absolute atomic E-state index is 5.81. The molecule has 0 nitrogen and oxygen atoms in total. The molecular weight excluding hydrogens is 204 g/mol. The van der Waals surface area contributed by atoms with Crippen molar-refractivity contribution in [2.24, 2.45) is 0 Å². The Bertz CT molecular complexity index is 369. The van der Waals surface area contributed by atoms with E-state index in [1.165, 1.54) is 16.7 Å². The van der Waals surface area contributed by atoms with Gasteiger partial charge in [-0.1, -0.05) is 55.3 Å². The molecule has 1 aromatic rings. The molecule has 0 atom stereocenters. The molecule has 0 N–H and O–H groups in total. The van der Waals surface area contributed by atoms with Crippen molar-refractivity contribution in [1.82, 2.24) is 0 Å². The van der Waals surface area contributed by atoms with Gasteiger partial charge in [0.15, 0.2) is 0 Å². The van der Waals surface area contributed by atoms with Crippen molar-refractivity contribution in [3.63, 3.8) is 0 Å². The van der Waals surface area contributed by atoms with Crippen LogP contribution in [0.5, 0.6) is 0 Å². The third kappa shape index (κ3) is 3.24. The molecular formula is C14H17Cl. The molecule has 0 unspecified atom stereocenters. The highest BCUT2D eigenvalue weighted by Crippen LogP contribution is 2.28. The van der Waals surface area contributed by atoms with Gasteiger partial charge in [0.2, 0.25) is 0 Å². The number of rotatable bonds is 1. The Morgan fingerprint density at radius 3 is 2.07 bits per heavy atom. The summed E-state index contributed by atoms with van der Waals surface area (Å²) in [4.78, 5) is 0. The summed E-state index contributed by atoms with van der Waals surface area (Å²) in [5.41, 5.74) is 4.08. The molecule has 80 valence electrons. The smallest absolute Gasteiger partial charge is 0.0406 e. The third-order valence-electron chi connectivity index (χ3n) is 2.25. The van der Waals surface area contributed by atoms with Crippen molar-refractivity contribution in [1.29, 1.82) is 0 Å². The van der Waals surface area contributed by atoms with Crippen LogP contribution in [-0.2, 0) is 0 Å². The Morgan fingerprint density at radius 2 is 1.60 bits per heavy atom. The zero-order chi connectivity index (χ0) is 11.3. The summed E-state index contributed by atoms with van der Waals surface area (Å²) in [5.74, 6) is 0. The fourth-order valence-electron chi connectivity index (χ4n) is 1.52. The van der Waals surface area contributed by atoms with Crippen LogP contribution in [0.3, 0.4) is 0 Å². The summed E-state index contributed by atoms with van der Waals surface area (Å²) in [6, 6.07) is 8.01. The molecule has 0 amide bonds. The maximum Gasteiger partial charge on any atom is 0.0406 e. The lowest BCUT2D eigenvalue weighted by Gasteiger charge is -2.02. The maximum atomic E-state index is 5.81. The van der Waals surface area contributed by atoms with Crippen molar-refractivity contribution in [3.05, 3.63) is 52.6 Å². The van der Waals surface area contributed by atoms with E-state index in [-0.39, 0.29) is 0 Å². The van der Waals surface area contributed by atoms with Gasteiger partial charge in [0.25, 0.3) is 0 Å². The molecule has 0 spiro atoms. The van der Waals surface area contributed by atoms with Crippen molar-refractivity contribution in [2.45, 2.75) is 27.2 Å². The van der Waals surface area contributed by atoms with E-state index < -0.39 is 0 Å². The second-order valence-corrected chi connectivity index (χ2v) is 3.83. The lowest BCUT2D eigenvalue weighted by atomic mass is 10.0. The van der Waals surface area contributed by atoms with E-state index in [1.807, 2.05) is 26.0 Å². The topological polar surface area (TPSA) is 0 Å². The number of allylic oxidation sites excluding steroid dienone is 4. The first-order chi connectivity index (χ1) is 7.25. The van der Waals surface area contributed by atoms with Crippen molar-refractivity contribution in [2.75, 3.05) is 0 Å². The molecule has 0 radical (unpaired) electrons. The Balaban J connectivity index is 0.000000531. The predicted molar refractivity (Wildman–Crippen MR) is 69.2 cm³/mol. The van der Waals surface area contributed by atoms with Crippen LogP contribution in [0.2, 0.25) is 5.02 Å². The van der Waals surface area contributed by atoms with Gasteiger partial charge in [-0.25, -0.2) is 0 Å². The van der Waals surface area contributed by atoms with Crippen LogP contribution >= 0.6 is 11.6 Å². The van der Waals surface area contributed by atoms with Gasteiger partial charge in [-0.05, 0) is 36.6 Å². The van der Waals surface area contributed by atoms with Crippen molar-refractivity contribution < 1.29 is 0 Å². The monoisotopic (exact) mass is 220 g/mol. The number of hydrogen-bond acceptors (Lipinski definition) is 0. The first-order valence-corrected chi connectivity index (χ1v) is 5.76. The van der Waals surface area contributed by atoms with E-state index in [0.29, 0.717) is 0 Å². The molecule has 1 aromatic carbocycles. The highest BCUT2D eigenvalue weighted by atomic mass is 35.5.